The standard InChI is InChI=1S/C18H22FN3O3/c1-25-11-18(4-6-20-7-5-18)10-21-17(24)14-9-16(23)22-15-8-12(19)2-3-13(14)15/h2-3,8-9,20H,4-7,10-11H2,1H3,(H,21,24)(H,22,23). The molecule has 3 rings (SSSR count). The number of amides is 1. The molecular formula is C18H22FN3O3. The van der Waals surface area contributed by atoms with Crippen LogP contribution < -0.4 is 16.2 Å². The number of halogens is 1. The molecule has 1 fully saturated rings. The smallest absolute Gasteiger partial charge is 0.252 e. The highest BCUT2D eigenvalue weighted by Gasteiger charge is 2.32. The van der Waals surface area contributed by atoms with Gasteiger partial charge in [-0.25, -0.2) is 4.39 Å². The minimum atomic E-state index is -0.463. The first kappa shape index (κ1) is 17.6. The van der Waals surface area contributed by atoms with Gasteiger partial charge in [0.05, 0.1) is 17.7 Å². The number of H-pyrrole nitrogens is 1. The highest BCUT2D eigenvalue weighted by molar-refractivity contribution is 6.05. The van der Waals surface area contributed by atoms with Gasteiger partial charge in [-0.2, -0.15) is 0 Å². The molecule has 0 spiro atoms. The van der Waals surface area contributed by atoms with E-state index < -0.39 is 11.4 Å². The minimum Gasteiger partial charge on any atom is -0.384 e. The molecule has 6 nitrogen and oxygen atoms in total. The number of nitrogens with one attached hydrogen (secondary N) is 3. The molecule has 1 aromatic carbocycles. The SMILES string of the molecule is COCC1(CNC(=O)c2cc(=O)[nH]c3cc(F)ccc23)CCNCC1. The Hall–Kier alpha value is -2.25. The highest BCUT2D eigenvalue weighted by Crippen LogP contribution is 2.28. The molecule has 0 aliphatic carbocycles. The fourth-order valence-electron chi connectivity index (χ4n) is 3.42. The van der Waals surface area contributed by atoms with E-state index in [0.717, 1.165) is 25.9 Å². The van der Waals surface area contributed by atoms with Gasteiger partial charge < -0.3 is 20.4 Å². The van der Waals surface area contributed by atoms with E-state index in [1.165, 1.54) is 24.3 Å². The lowest BCUT2D eigenvalue weighted by Gasteiger charge is -2.37. The number of rotatable bonds is 5. The molecule has 0 saturated carbocycles. The lowest BCUT2D eigenvalue weighted by atomic mass is 9.79. The summed E-state index contributed by atoms with van der Waals surface area (Å²) in [6, 6.07) is 5.25. The fraction of sp³-hybridized carbons (Fsp3) is 0.444. The van der Waals surface area contributed by atoms with Gasteiger partial charge in [0.25, 0.3) is 5.91 Å². The van der Waals surface area contributed by atoms with Crippen LogP contribution in [0.2, 0.25) is 0 Å². The summed E-state index contributed by atoms with van der Waals surface area (Å²) in [5, 5.41) is 6.76. The molecule has 1 aromatic heterocycles. The Morgan fingerprint density at radius 3 is 2.80 bits per heavy atom. The van der Waals surface area contributed by atoms with E-state index in [9.17, 15) is 14.0 Å². The number of aromatic nitrogens is 1. The maximum atomic E-state index is 13.4. The third-order valence-electron chi connectivity index (χ3n) is 4.79. The average molecular weight is 347 g/mol. The van der Waals surface area contributed by atoms with Crippen molar-refractivity contribution in [1.29, 1.82) is 0 Å². The summed E-state index contributed by atoms with van der Waals surface area (Å²) in [6.07, 6.45) is 1.81. The van der Waals surface area contributed by atoms with Crippen molar-refractivity contribution in [3.05, 3.63) is 46.0 Å². The van der Waals surface area contributed by atoms with Crippen LogP contribution in [0.5, 0.6) is 0 Å². The number of hydrogen-bond donors (Lipinski definition) is 3. The zero-order valence-electron chi connectivity index (χ0n) is 14.2. The molecule has 1 aliphatic rings. The fourth-order valence-corrected chi connectivity index (χ4v) is 3.42. The first-order valence-electron chi connectivity index (χ1n) is 8.33. The number of carbonyl (C=O) groups excluding carboxylic acids is 1. The summed E-state index contributed by atoms with van der Waals surface area (Å²) in [6.45, 7) is 2.80. The molecule has 1 aliphatic heterocycles. The van der Waals surface area contributed by atoms with Crippen molar-refractivity contribution in [2.75, 3.05) is 33.4 Å². The number of aromatic amines is 1. The molecule has 2 aromatic rings. The number of ether oxygens (including phenoxy) is 1. The maximum Gasteiger partial charge on any atom is 0.252 e. The molecule has 1 amide bonds. The molecule has 0 unspecified atom stereocenters. The third kappa shape index (κ3) is 3.88. The number of hydrogen-bond acceptors (Lipinski definition) is 4. The molecule has 0 bridgehead atoms. The monoisotopic (exact) mass is 347 g/mol. The summed E-state index contributed by atoms with van der Waals surface area (Å²) >= 11 is 0. The van der Waals surface area contributed by atoms with Crippen molar-refractivity contribution in [3.8, 4) is 0 Å². The zero-order valence-corrected chi connectivity index (χ0v) is 14.2. The Balaban J connectivity index is 1.83. The first-order valence-corrected chi connectivity index (χ1v) is 8.33. The number of pyridine rings is 1. The van der Waals surface area contributed by atoms with Gasteiger partial charge in [0.15, 0.2) is 0 Å². The summed E-state index contributed by atoms with van der Waals surface area (Å²) in [7, 11) is 1.66. The Morgan fingerprint density at radius 2 is 2.08 bits per heavy atom. The van der Waals surface area contributed by atoms with Crippen molar-refractivity contribution in [2.24, 2.45) is 5.41 Å². The number of fused-ring (bicyclic) bond motifs is 1. The average Bonchev–Trinajstić information content (AvgIpc) is 2.59. The summed E-state index contributed by atoms with van der Waals surface area (Å²) in [5.41, 5.74) is 0.0155. The predicted molar refractivity (Wildman–Crippen MR) is 93.3 cm³/mol. The van der Waals surface area contributed by atoms with Crippen molar-refractivity contribution in [3.63, 3.8) is 0 Å². The minimum absolute atomic E-state index is 0.112. The zero-order chi connectivity index (χ0) is 17.9. The quantitative estimate of drug-likeness (QED) is 0.764. The number of methoxy groups -OCH3 is 1. The lowest BCUT2D eigenvalue weighted by Crippen LogP contribution is -2.47. The second-order valence-electron chi connectivity index (χ2n) is 6.60. The molecule has 25 heavy (non-hydrogen) atoms. The van der Waals surface area contributed by atoms with Crippen LogP contribution in [0, 0.1) is 11.2 Å². The molecule has 134 valence electrons. The Kier molecular flexibility index (Phi) is 5.15. The van der Waals surface area contributed by atoms with Gasteiger partial charge in [-0.1, -0.05) is 0 Å². The Morgan fingerprint density at radius 1 is 1.32 bits per heavy atom. The summed E-state index contributed by atoms with van der Waals surface area (Å²) in [5.74, 6) is -0.800. The van der Waals surface area contributed by atoms with Crippen LogP contribution in [-0.4, -0.2) is 44.2 Å². The largest absolute Gasteiger partial charge is 0.384 e. The van der Waals surface area contributed by atoms with Gasteiger partial charge in [-0.15, -0.1) is 0 Å². The predicted octanol–water partition coefficient (Wildman–Crippen LogP) is 1.41. The van der Waals surface area contributed by atoms with Crippen LogP contribution in [0.4, 0.5) is 4.39 Å². The Bertz CT molecular complexity index is 822. The molecular weight excluding hydrogens is 325 g/mol. The van der Waals surface area contributed by atoms with Crippen molar-refractivity contribution in [1.82, 2.24) is 15.6 Å². The topological polar surface area (TPSA) is 83.2 Å². The van der Waals surface area contributed by atoms with Gasteiger partial charge in [0, 0.05) is 30.5 Å². The Labute approximate surface area is 144 Å². The molecule has 2 heterocycles. The van der Waals surface area contributed by atoms with Crippen LogP contribution in [-0.2, 0) is 4.74 Å². The van der Waals surface area contributed by atoms with E-state index in [-0.39, 0.29) is 16.9 Å². The van der Waals surface area contributed by atoms with Crippen LogP contribution in [0.1, 0.15) is 23.2 Å². The van der Waals surface area contributed by atoms with Crippen molar-refractivity contribution >= 4 is 16.8 Å². The van der Waals surface area contributed by atoms with E-state index in [2.05, 4.69) is 15.6 Å². The van der Waals surface area contributed by atoms with Crippen molar-refractivity contribution < 1.29 is 13.9 Å². The van der Waals surface area contributed by atoms with Crippen LogP contribution in [0.3, 0.4) is 0 Å². The second kappa shape index (κ2) is 7.33. The van der Waals surface area contributed by atoms with Gasteiger partial charge in [0.2, 0.25) is 5.56 Å². The first-order chi connectivity index (χ1) is 12.0. The normalized spacial score (nSPS) is 16.7. The van der Waals surface area contributed by atoms with Crippen molar-refractivity contribution in [2.45, 2.75) is 12.8 Å². The molecule has 7 heteroatoms. The summed E-state index contributed by atoms with van der Waals surface area (Å²) in [4.78, 5) is 27.0. The van der Waals surface area contributed by atoms with Gasteiger partial charge in [-0.05, 0) is 44.1 Å². The maximum absolute atomic E-state index is 13.4. The van der Waals surface area contributed by atoms with Crippen LogP contribution in [0.25, 0.3) is 10.9 Å². The van der Waals surface area contributed by atoms with E-state index in [4.69, 9.17) is 4.74 Å². The van der Waals surface area contributed by atoms with Crippen LogP contribution >= 0.6 is 0 Å². The number of benzene rings is 1. The lowest BCUT2D eigenvalue weighted by molar-refractivity contribution is 0.0512. The highest BCUT2D eigenvalue weighted by atomic mass is 19.1. The van der Waals surface area contributed by atoms with E-state index in [1.54, 1.807) is 7.11 Å². The molecule has 3 N–H and O–H groups in total. The summed E-state index contributed by atoms with van der Waals surface area (Å²) < 4.78 is 18.7. The van der Waals surface area contributed by atoms with E-state index in [0.29, 0.717) is 24.1 Å². The van der Waals surface area contributed by atoms with Gasteiger partial charge in [0.1, 0.15) is 5.82 Å². The van der Waals surface area contributed by atoms with Gasteiger partial charge in [-0.3, -0.25) is 9.59 Å². The van der Waals surface area contributed by atoms with E-state index >= 15 is 0 Å². The van der Waals surface area contributed by atoms with Gasteiger partial charge >= 0.3 is 0 Å². The second-order valence-corrected chi connectivity index (χ2v) is 6.60. The molecule has 0 radical (unpaired) electrons. The van der Waals surface area contributed by atoms with E-state index in [1.807, 2.05) is 0 Å². The van der Waals surface area contributed by atoms with Crippen LogP contribution in [0.15, 0.2) is 29.1 Å². The third-order valence-corrected chi connectivity index (χ3v) is 4.79. The number of carbonyl (C=O) groups is 1. The molecule has 0 atom stereocenters. The number of piperidine rings is 1. The molecule has 1 saturated heterocycles.